The fourth-order valence-corrected chi connectivity index (χ4v) is 4.89. The topological polar surface area (TPSA) is 76.1 Å². The van der Waals surface area contributed by atoms with Gasteiger partial charge in [0, 0.05) is 16.8 Å². The van der Waals surface area contributed by atoms with E-state index in [0.717, 1.165) is 10.6 Å². The number of aromatic nitrogens is 1. The summed E-state index contributed by atoms with van der Waals surface area (Å²) in [6.07, 6.45) is -0.140. The van der Waals surface area contributed by atoms with Gasteiger partial charge in [-0.15, -0.1) is 22.7 Å². The third-order valence-electron chi connectivity index (χ3n) is 3.29. The molecule has 0 saturated carbocycles. The number of sulfone groups is 1. The number of carbonyl (C=O) groups is 1. The summed E-state index contributed by atoms with van der Waals surface area (Å²) in [5.74, 6) is -0.659. The third kappa shape index (κ3) is 4.66. The van der Waals surface area contributed by atoms with Gasteiger partial charge in [0.05, 0.1) is 21.2 Å². The highest BCUT2D eigenvalue weighted by atomic mass is 35.5. The molecule has 5 nitrogen and oxygen atoms in total. The molecule has 0 aliphatic rings. The predicted molar refractivity (Wildman–Crippen MR) is 102 cm³/mol. The second-order valence-corrected chi connectivity index (χ2v) is 9.44. The van der Waals surface area contributed by atoms with Crippen LogP contribution in [-0.4, -0.2) is 25.1 Å². The van der Waals surface area contributed by atoms with E-state index in [1.807, 2.05) is 22.9 Å². The van der Waals surface area contributed by atoms with Gasteiger partial charge in [-0.3, -0.25) is 4.79 Å². The molecular weight excluding hydrogens is 400 g/mol. The fraction of sp³-hybridized carbons (Fsp3) is 0.125. The number of thiophene rings is 1. The van der Waals surface area contributed by atoms with Crippen molar-refractivity contribution in [3.63, 3.8) is 0 Å². The van der Waals surface area contributed by atoms with Crippen molar-refractivity contribution in [2.24, 2.45) is 0 Å². The predicted octanol–water partition coefficient (Wildman–Crippen LogP) is 4.33. The molecule has 0 spiro atoms. The average molecular weight is 413 g/mol. The van der Waals surface area contributed by atoms with Gasteiger partial charge in [0.1, 0.15) is 0 Å². The van der Waals surface area contributed by atoms with E-state index in [9.17, 15) is 13.2 Å². The number of hydrogen-bond acceptors (Lipinski definition) is 6. The molecule has 3 rings (SSSR count). The zero-order chi connectivity index (χ0) is 17.9. The molecule has 2 aromatic heterocycles. The third-order valence-corrected chi connectivity index (χ3v) is 6.93. The average Bonchev–Trinajstić information content (AvgIpc) is 3.25. The summed E-state index contributed by atoms with van der Waals surface area (Å²) in [6, 6.07) is 9.77. The maximum Gasteiger partial charge on any atom is 0.227 e. The normalized spacial score (nSPS) is 11.4. The molecule has 0 atom stereocenters. The van der Waals surface area contributed by atoms with Crippen LogP contribution >= 0.6 is 34.3 Å². The molecule has 0 unspecified atom stereocenters. The molecule has 2 heterocycles. The minimum absolute atomic E-state index is 0.140. The second kappa shape index (κ2) is 7.65. The van der Waals surface area contributed by atoms with Crippen LogP contribution in [0, 0.1) is 0 Å². The van der Waals surface area contributed by atoms with Gasteiger partial charge < -0.3 is 5.32 Å². The molecule has 0 fully saturated rings. The highest BCUT2D eigenvalue weighted by molar-refractivity contribution is 7.91. The zero-order valence-electron chi connectivity index (χ0n) is 12.8. The molecule has 9 heteroatoms. The Morgan fingerprint density at radius 1 is 1.16 bits per heavy atom. The van der Waals surface area contributed by atoms with Crippen molar-refractivity contribution in [1.29, 1.82) is 0 Å². The lowest BCUT2D eigenvalue weighted by Crippen LogP contribution is -2.17. The smallest absolute Gasteiger partial charge is 0.227 e. The van der Waals surface area contributed by atoms with Crippen molar-refractivity contribution in [3.05, 3.63) is 52.2 Å². The van der Waals surface area contributed by atoms with Crippen molar-refractivity contribution in [1.82, 2.24) is 4.98 Å². The second-order valence-electron chi connectivity index (χ2n) is 5.09. The number of rotatable bonds is 6. The fourth-order valence-electron chi connectivity index (χ4n) is 2.04. The first-order valence-electron chi connectivity index (χ1n) is 7.22. The van der Waals surface area contributed by atoms with E-state index in [2.05, 4.69) is 10.3 Å². The molecule has 25 heavy (non-hydrogen) atoms. The van der Waals surface area contributed by atoms with Crippen LogP contribution in [0.4, 0.5) is 5.13 Å². The summed E-state index contributed by atoms with van der Waals surface area (Å²) in [7, 11) is -3.53. The van der Waals surface area contributed by atoms with Gasteiger partial charge in [-0.2, -0.15) is 0 Å². The van der Waals surface area contributed by atoms with Gasteiger partial charge >= 0.3 is 0 Å². The lowest BCUT2D eigenvalue weighted by molar-refractivity contribution is -0.115. The largest absolute Gasteiger partial charge is 0.302 e. The van der Waals surface area contributed by atoms with Crippen LogP contribution in [0.25, 0.3) is 10.6 Å². The quantitative estimate of drug-likeness (QED) is 0.653. The monoisotopic (exact) mass is 412 g/mol. The lowest BCUT2D eigenvalue weighted by Gasteiger charge is -2.05. The molecule has 1 N–H and O–H groups in total. The first-order valence-corrected chi connectivity index (χ1v) is 11.0. The summed E-state index contributed by atoms with van der Waals surface area (Å²) in [5, 5.41) is 7.37. The highest BCUT2D eigenvalue weighted by Crippen LogP contribution is 2.28. The standard InChI is InChI=1S/C16H13ClN2O3S3/c17-11-3-5-12(6-4-11)25(21,22)9-7-15(20)19-16-18-13(10-24-16)14-2-1-8-23-14/h1-6,8,10H,7,9H2,(H,18,19,20). The highest BCUT2D eigenvalue weighted by Gasteiger charge is 2.17. The Kier molecular flexibility index (Phi) is 5.53. The van der Waals surface area contributed by atoms with Crippen LogP contribution in [0.1, 0.15) is 6.42 Å². The molecule has 0 aliphatic heterocycles. The summed E-state index contributed by atoms with van der Waals surface area (Å²) >= 11 is 8.62. The number of amides is 1. The Bertz CT molecular complexity index is 964. The van der Waals surface area contributed by atoms with Crippen molar-refractivity contribution in [2.75, 3.05) is 11.1 Å². The zero-order valence-corrected chi connectivity index (χ0v) is 16.0. The van der Waals surface area contributed by atoms with Crippen LogP contribution in [0.5, 0.6) is 0 Å². The van der Waals surface area contributed by atoms with E-state index in [4.69, 9.17) is 11.6 Å². The van der Waals surface area contributed by atoms with Gasteiger partial charge in [0.15, 0.2) is 15.0 Å². The lowest BCUT2D eigenvalue weighted by atomic mass is 10.4. The first-order chi connectivity index (χ1) is 11.9. The van der Waals surface area contributed by atoms with Crippen LogP contribution in [-0.2, 0) is 14.6 Å². The van der Waals surface area contributed by atoms with E-state index in [1.54, 1.807) is 11.3 Å². The van der Waals surface area contributed by atoms with Crippen LogP contribution < -0.4 is 5.32 Å². The van der Waals surface area contributed by atoms with Crippen LogP contribution in [0.15, 0.2) is 52.1 Å². The number of nitrogens with one attached hydrogen (secondary N) is 1. The summed E-state index contributed by atoms with van der Waals surface area (Å²) in [6.45, 7) is 0. The van der Waals surface area contributed by atoms with Gasteiger partial charge in [0.25, 0.3) is 0 Å². The van der Waals surface area contributed by atoms with Crippen LogP contribution in [0.2, 0.25) is 5.02 Å². The number of nitrogens with zero attached hydrogens (tertiary/aromatic N) is 1. The summed E-state index contributed by atoms with van der Waals surface area (Å²) in [4.78, 5) is 17.5. The Morgan fingerprint density at radius 2 is 1.92 bits per heavy atom. The van der Waals surface area contributed by atoms with Gasteiger partial charge in [-0.05, 0) is 35.7 Å². The molecule has 0 bridgehead atoms. The van der Waals surface area contributed by atoms with E-state index in [-0.39, 0.29) is 23.0 Å². The summed E-state index contributed by atoms with van der Waals surface area (Å²) in [5.41, 5.74) is 0.795. The first kappa shape index (κ1) is 18.1. The molecular formula is C16H13ClN2O3S3. The molecule has 1 amide bonds. The molecule has 0 saturated heterocycles. The maximum atomic E-state index is 12.2. The van der Waals surface area contributed by atoms with Crippen molar-refractivity contribution in [2.45, 2.75) is 11.3 Å². The number of carbonyl (C=O) groups excluding carboxylic acids is 1. The van der Waals surface area contributed by atoms with E-state index in [1.165, 1.54) is 35.6 Å². The SMILES string of the molecule is O=C(CCS(=O)(=O)c1ccc(Cl)cc1)Nc1nc(-c2cccs2)cs1. The van der Waals surface area contributed by atoms with Gasteiger partial charge in [-0.25, -0.2) is 13.4 Å². The maximum absolute atomic E-state index is 12.2. The van der Waals surface area contributed by atoms with E-state index >= 15 is 0 Å². The van der Waals surface area contributed by atoms with Crippen molar-refractivity contribution < 1.29 is 13.2 Å². The summed E-state index contributed by atoms with van der Waals surface area (Å²) < 4.78 is 24.5. The Labute approximate surface area is 158 Å². The number of hydrogen-bond donors (Lipinski definition) is 1. The number of anilines is 1. The Hall–Kier alpha value is -1.74. The van der Waals surface area contributed by atoms with E-state index < -0.39 is 9.84 Å². The number of halogens is 1. The molecule has 130 valence electrons. The van der Waals surface area contributed by atoms with Crippen LogP contribution in [0.3, 0.4) is 0 Å². The number of thiazole rings is 1. The van der Waals surface area contributed by atoms with Crippen molar-refractivity contribution in [3.8, 4) is 10.6 Å². The minimum atomic E-state index is -3.53. The molecule has 1 aromatic carbocycles. The Balaban J connectivity index is 1.58. The van der Waals surface area contributed by atoms with Crippen molar-refractivity contribution >= 4 is 55.2 Å². The molecule has 3 aromatic rings. The van der Waals surface area contributed by atoms with E-state index in [0.29, 0.717) is 10.2 Å². The van der Waals surface area contributed by atoms with Gasteiger partial charge in [-0.1, -0.05) is 17.7 Å². The minimum Gasteiger partial charge on any atom is -0.302 e. The molecule has 0 radical (unpaired) electrons. The Morgan fingerprint density at radius 3 is 2.60 bits per heavy atom. The molecule has 0 aliphatic carbocycles. The van der Waals surface area contributed by atoms with Gasteiger partial charge in [0.2, 0.25) is 5.91 Å². The number of benzene rings is 1.